The maximum atomic E-state index is 12.5. The van der Waals surface area contributed by atoms with Crippen LogP contribution in [0.2, 0.25) is 5.02 Å². The molecule has 28 heavy (non-hydrogen) atoms. The summed E-state index contributed by atoms with van der Waals surface area (Å²) in [6, 6.07) is 12.6. The van der Waals surface area contributed by atoms with Crippen LogP contribution in [0.3, 0.4) is 0 Å². The number of halogens is 1. The number of rotatable bonds is 4. The number of hydrogen-bond donors (Lipinski definition) is 3. The van der Waals surface area contributed by atoms with Gasteiger partial charge < -0.3 is 16.0 Å². The Morgan fingerprint density at radius 2 is 2.04 bits per heavy atom. The summed E-state index contributed by atoms with van der Waals surface area (Å²) in [5.74, 6) is 0.680. The predicted octanol–water partition coefficient (Wildman–Crippen LogP) is 3.79. The zero-order chi connectivity index (χ0) is 19.7. The Morgan fingerprint density at radius 3 is 2.82 bits per heavy atom. The van der Waals surface area contributed by atoms with Gasteiger partial charge in [-0.25, -0.2) is 4.98 Å². The van der Waals surface area contributed by atoms with Gasteiger partial charge >= 0.3 is 0 Å². The summed E-state index contributed by atoms with van der Waals surface area (Å²) in [6.07, 6.45) is 3.33. The first-order chi connectivity index (χ1) is 13.5. The fourth-order valence-corrected chi connectivity index (χ4v) is 3.30. The first-order valence-corrected chi connectivity index (χ1v) is 9.02. The average molecular weight is 393 g/mol. The second-order valence-electron chi connectivity index (χ2n) is 6.33. The number of benzene rings is 1. The van der Waals surface area contributed by atoms with Crippen molar-refractivity contribution in [3.63, 3.8) is 0 Å². The van der Waals surface area contributed by atoms with Crippen LogP contribution in [0.4, 0.5) is 11.8 Å². The van der Waals surface area contributed by atoms with E-state index in [1.807, 2.05) is 43.3 Å². The molecule has 0 saturated carbocycles. The number of nitrogen functional groups attached to an aromatic ring is 1. The van der Waals surface area contributed by atoms with Crippen LogP contribution in [-0.4, -0.2) is 19.9 Å². The van der Waals surface area contributed by atoms with Crippen LogP contribution in [-0.2, 0) is 0 Å². The van der Waals surface area contributed by atoms with Gasteiger partial charge in [0.1, 0.15) is 5.82 Å². The molecule has 0 radical (unpaired) electrons. The summed E-state index contributed by atoms with van der Waals surface area (Å²) in [5, 5.41) is 4.96. The topological polar surface area (TPSA) is 110 Å². The number of nitrogens with two attached hydrogens (primary N) is 1. The maximum Gasteiger partial charge on any atom is 0.257 e. The minimum Gasteiger partial charge on any atom is -0.368 e. The van der Waals surface area contributed by atoms with Crippen molar-refractivity contribution in [3.05, 3.63) is 75.9 Å². The van der Waals surface area contributed by atoms with E-state index < -0.39 is 0 Å². The van der Waals surface area contributed by atoms with Crippen molar-refractivity contribution < 1.29 is 0 Å². The van der Waals surface area contributed by atoms with Crippen LogP contribution < -0.4 is 16.6 Å². The summed E-state index contributed by atoms with van der Waals surface area (Å²) >= 11 is 6.16. The lowest BCUT2D eigenvalue weighted by atomic mass is 10.1. The van der Waals surface area contributed by atoms with E-state index in [1.54, 1.807) is 18.5 Å². The Morgan fingerprint density at radius 1 is 1.18 bits per heavy atom. The molecular weight excluding hydrogens is 376 g/mol. The molecule has 0 amide bonds. The summed E-state index contributed by atoms with van der Waals surface area (Å²) in [4.78, 5) is 28.1. The van der Waals surface area contributed by atoms with E-state index in [0.717, 1.165) is 11.1 Å². The van der Waals surface area contributed by atoms with Crippen LogP contribution in [0.1, 0.15) is 18.7 Å². The molecule has 7 nitrogen and oxygen atoms in total. The molecule has 140 valence electrons. The first kappa shape index (κ1) is 17.9. The number of aromatic nitrogens is 4. The second-order valence-corrected chi connectivity index (χ2v) is 6.74. The molecule has 4 N–H and O–H groups in total. The standard InChI is InChI=1S/C20H17ClN6O/c1-11(16-9-12-5-4-6-14(21)17(12)19(28)26-16)25-18-13(10-24-20(22)27-18)15-7-2-3-8-23-15/h2-11H,1H3,(H,26,28)(H3,22,24,25,27). The van der Waals surface area contributed by atoms with Crippen molar-refractivity contribution >= 4 is 34.1 Å². The van der Waals surface area contributed by atoms with Gasteiger partial charge in [0.2, 0.25) is 5.95 Å². The van der Waals surface area contributed by atoms with Crippen LogP contribution in [0.5, 0.6) is 0 Å². The second kappa shape index (κ2) is 7.28. The Bertz CT molecular complexity index is 1210. The van der Waals surface area contributed by atoms with Gasteiger partial charge in [-0.3, -0.25) is 9.78 Å². The number of pyridine rings is 2. The molecule has 1 unspecified atom stereocenters. The van der Waals surface area contributed by atoms with Crippen LogP contribution in [0.25, 0.3) is 22.0 Å². The van der Waals surface area contributed by atoms with Gasteiger partial charge in [-0.1, -0.05) is 29.8 Å². The molecule has 1 aromatic carbocycles. The maximum absolute atomic E-state index is 12.5. The Hall–Kier alpha value is -3.45. The molecule has 3 aromatic heterocycles. The first-order valence-electron chi connectivity index (χ1n) is 8.65. The van der Waals surface area contributed by atoms with Crippen LogP contribution >= 0.6 is 11.6 Å². The van der Waals surface area contributed by atoms with Gasteiger partial charge in [0.25, 0.3) is 5.56 Å². The molecule has 0 saturated heterocycles. The Balaban J connectivity index is 1.73. The summed E-state index contributed by atoms with van der Waals surface area (Å²) in [7, 11) is 0. The highest BCUT2D eigenvalue weighted by Crippen LogP contribution is 2.28. The van der Waals surface area contributed by atoms with E-state index in [-0.39, 0.29) is 17.5 Å². The molecule has 0 aliphatic carbocycles. The smallest absolute Gasteiger partial charge is 0.257 e. The lowest BCUT2D eigenvalue weighted by Crippen LogP contribution is -2.17. The largest absolute Gasteiger partial charge is 0.368 e. The monoisotopic (exact) mass is 392 g/mol. The molecule has 3 heterocycles. The Kier molecular flexibility index (Phi) is 4.67. The molecule has 4 aromatic rings. The molecule has 1 atom stereocenters. The van der Waals surface area contributed by atoms with E-state index in [1.165, 1.54) is 0 Å². The van der Waals surface area contributed by atoms with Crippen molar-refractivity contribution in [1.29, 1.82) is 0 Å². The third-order valence-electron chi connectivity index (χ3n) is 4.41. The van der Waals surface area contributed by atoms with Crippen molar-refractivity contribution in [1.82, 2.24) is 19.9 Å². The van der Waals surface area contributed by atoms with Gasteiger partial charge in [-0.15, -0.1) is 0 Å². The number of aromatic amines is 1. The fourth-order valence-electron chi connectivity index (χ4n) is 3.03. The molecule has 8 heteroatoms. The number of H-pyrrole nitrogens is 1. The average Bonchev–Trinajstić information content (AvgIpc) is 2.68. The minimum absolute atomic E-state index is 0.146. The van der Waals surface area contributed by atoms with E-state index in [0.29, 0.717) is 27.5 Å². The summed E-state index contributed by atoms with van der Waals surface area (Å²) in [5.41, 5.74) is 7.68. The highest BCUT2D eigenvalue weighted by atomic mass is 35.5. The normalized spacial score (nSPS) is 12.1. The van der Waals surface area contributed by atoms with Gasteiger partial charge in [0.15, 0.2) is 0 Å². The zero-order valence-corrected chi connectivity index (χ0v) is 15.7. The zero-order valence-electron chi connectivity index (χ0n) is 15.0. The highest BCUT2D eigenvalue weighted by Gasteiger charge is 2.15. The molecule has 4 rings (SSSR count). The SMILES string of the molecule is CC(Nc1nc(N)ncc1-c1ccccn1)c1cc2cccc(Cl)c2c(=O)[nH]1. The van der Waals surface area contributed by atoms with Crippen molar-refractivity contribution in [2.75, 3.05) is 11.1 Å². The fraction of sp³-hybridized carbons (Fsp3) is 0.100. The van der Waals surface area contributed by atoms with Crippen LogP contribution in [0.15, 0.2) is 59.7 Å². The molecule has 0 aliphatic rings. The molecule has 0 spiro atoms. The summed E-state index contributed by atoms with van der Waals surface area (Å²) < 4.78 is 0. The quantitative estimate of drug-likeness (QED) is 0.487. The van der Waals surface area contributed by atoms with Gasteiger partial charge in [-0.2, -0.15) is 4.98 Å². The predicted molar refractivity (Wildman–Crippen MR) is 111 cm³/mol. The summed E-state index contributed by atoms with van der Waals surface area (Å²) in [6.45, 7) is 1.92. The number of nitrogens with zero attached hydrogens (tertiary/aromatic N) is 3. The number of fused-ring (bicyclic) bond motifs is 1. The molecule has 0 aliphatic heterocycles. The van der Waals surface area contributed by atoms with E-state index in [9.17, 15) is 4.79 Å². The molecule has 0 bridgehead atoms. The lowest BCUT2D eigenvalue weighted by molar-refractivity contribution is 0.829. The van der Waals surface area contributed by atoms with Crippen molar-refractivity contribution in [3.8, 4) is 11.3 Å². The minimum atomic E-state index is -0.257. The van der Waals surface area contributed by atoms with Gasteiger partial charge in [0.05, 0.1) is 27.7 Å². The van der Waals surface area contributed by atoms with Crippen molar-refractivity contribution in [2.24, 2.45) is 0 Å². The number of hydrogen-bond acceptors (Lipinski definition) is 6. The highest BCUT2D eigenvalue weighted by molar-refractivity contribution is 6.35. The Labute approximate surface area is 165 Å². The van der Waals surface area contributed by atoms with E-state index in [2.05, 4.69) is 25.3 Å². The van der Waals surface area contributed by atoms with Crippen LogP contribution in [0, 0.1) is 0 Å². The third kappa shape index (κ3) is 3.39. The van der Waals surface area contributed by atoms with Gasteiger partial charge in [-0.05, 0) is 36.6 Å². The third-order valence-corrected chi connectivity index (χ3v) is 4.72. The van der Waals surface area contributed by atoms with Crippen molar-refractivity contribution in [2.45, 2.75) is 13.0 Å². The molecular formula is C20H17ClN6O. The van der Waals surface area contributed by atoms with Gasteiger partial charge in [0, 0.05) is 18.1 Å². The molecule has 0 fully saturated rings. The number of nitrogens with one attached hydrogen (secondary N) is 2. The number of anilines is 2. The lowest BCUT2D eigenvalue weighted by Gasteiger charge is -2.18. The van der Waals surface area contributed by atoms with E-state index >= 15 is 0 Å². The van der Waals surface area contributed by atoms with E-state index in [4.69, 9.17) is 17.3 Å².